The van der Waals surface area contributed by atoms with Crippen LogP contribution < -0.4 is 10.7 Å². The highest BCUT2D eigenvalue weighted by molar-refractivity contribution is 5.97. The second kappa shape index (κ2) is 7.91. The maximum absolute atomic E-state index is 13.0. The van der Waals surface area contributed by atoms with Crippen LogP contribution in [-0.2, 0) is 17.9 Å². The highest BCUT2D eigenvalue weighted by Gasteiger charge is 2.13. The molecule has 0 aliphatic carbocycles. The third kappa shape index (κ3) is 3.71. The number of hydrogen-bond acceptors (Lipinski definition) is 3. The molecule has 0 saturated heterocycles. The number of nitrogens with zero attached hydrogens (tertiary/aromatic N) is 3. The van der Waals surface area contributed by atoms with Crippen molar-refractivity contribution in [1.82, 2.24) is 14.3 Å². The first kappa shape index (κ1) is 18.8. The predicted molar refractivity (Wildman–Crippen MR) is 122 cm³/mol. The van der Waals surface area contributed by atoms with Gasteiger partial charge in [-0.3, -0.25) is 14.3 Å². The van der Waals surface area contributed by atoms with E-state index in [1.165, 1.54) is 0 Å². The second-order valence-electron chi connectivity index (χ2n) is 7.40. The Kier molecular flexibility index (Phi) is 4.80. The summed E-state index contributed by atoms with van der Waals surface area (Å²) >= 11 is 0. The predicted octanol–water partition coefficient (Wildman–Crippen LogP) is 4.04. The van der Waals surface area contributed by atoms with Gasteiger partial charge in [0.1, 0.15) is 6.54 Å². The van der Waals surface area contributed by atoms with Crippen LogP contribution in [0.25, 0.3) is 21.8 Å². The third-order valence-electron chi connectivity index (χ3n) is 5.30. The number of pyridine rings is 1. The number of hydrogen-bond donors (Lipinski definition) is 1. The summed E-state index contributed by atoms with van der Waals surface area (Å²) < 4.78 is 3.73. The van der Waals surface area contributed by atoms with Crippen LogP contribution in [0.2, 0.25) is 0 Å². The molecule has 2 aromatic heterocycles. The fourth-order valence-electron chi connectivity index (χ4n) is 3.92. The van der Waals surface area contributed by atoms with Gasteiger partial charge in [-0.1, -0.05) is 36.4 Å². The van der Waals surface area contributed by atoms with Gasteiger partial charge in [0.15, 0.2) is 5.43 Å². The molecule has 0 aliphatic rings. The number of benzene rings is 3. The molecule has 0 fully saturated rings. The lowest BCUT2D eigenvalue weighted by Crippen LogP contribution is -2.21. The lowest BCUT2D eigenvalue weighted by Gasteiger charge is -2.15. The van der Waals surface area contributed by atoms with Crippen LogP contribution in [0.5, 0.6) is 0 Å². The molecular formula is C25H20N4O2. The fourth-order valence-corrected chi connectivity index (χ4v) is 3.92. The summed E-state index contributed by atoms with van der Waals surface area (Å²) in [6.07, 6.45) is 3.64. The van der Waals surface area contributed by atoms with E-state index in [9.17, 15) is 9.59 Å². The SMILES string of the molecule is O=C(Cn1c2ccccc2c(=O)c2ccccc21)Nc1cccc(Cn2cccn2)c1. The summed E-state index contributed by atoms with van der Waals surface area (Å²) in [5, 5.41) is 8.42. The molecule has 6 heteroatoms. The Bertz CT molecular complexity index is 1390. The standard InChI is InChI=1S/C25H20N4O2/c30-24(27-19-8-5-7-18(15-19)16-28-14-6-13-26-28)17-29-22-11-3-1-9-20(22)25(31)21-10-2-4-12-23(21)29/h1-15H,16-17H2,(H,27,30). The number of nitrogens with one attached hydrogen (secondary N) is 1. The molecule has 152 valence electrons. The number of carbonyl (C=O) groups is 1. The van der Waals surface area contributed by atoms with Gasteiger partial charge < -0.3 is 9.88 Å². The molecule has 0 unspecified atom stereocenters. The van der Waals surface area contributed by atoms with E-state index in [2.05, 4.69) is 10.4 Å². The molecule has 1 N–H and O–H groups in total. The normalized spacial score (nSPS) is 11.1. The van der Waals surface area contributed by atoms with Crippen molar-refractivity contribution >= 4 is 33.4 Å². The third-order valence-corrected chi connectivity index (χ3v) is 5.30. The maximum atomic E-state index is 13.0. The van der Waals surface area contributed by atoms with Crippen molar-refractivity contribution in [3.63, 3.8) is 0 Å². The van der Waals surface area contributed by atoms with E-state index in [0.717, 1.165) is 22.3 Å². The Hall–Kier alpha value is -4.19. The zero-order valence-corrected chi connectivity index (χ0v) is 16.7. The Morgan fingerprint density at radius 1 is 0.871 bits per heavy atom. The van der Waals surface area contributed by atoms with Gasteiger partial charge in [0, 0.05) is 28.9 Å². The van der Waals surface area contributed by atoms with E-state index in [-0.39, 0.29) is 17.9 Å². The molecule has 0 bridgehead atoms. The number of carbonyl (C=O) groups excluding carboxylic acids is 1. The highest BCUT2D eigenvalue weighted by Crippen LogP contribution is 2.19. The van der Waals surface area contributed by atoms with Crippen LogP contribution >= 0.6 is 0 Å². The molecule has 0 radical (unpaired) electrons. The number of aromatic nitrogens is 3. The van der Waals surface area contributed by atoms with E-state index in [1.54, 1.807) is 18.3 Å². The number of anilines is 1. The molecule has 5 rings (SSSR count). The van der Waals surface area contributed by atoms with Gasteiger partial charge in [-0.05, 0) is 48.0 Å². The number of para-hydroxylation sites is 2. The summed E-state index contributed by atoms with van der Waals surface area (Å²) in [5.41, 5.74) is 3.24. The van der Waals surface area contributed by atoms with Crippen LogP contribution in [0.15, 0.2) is 96.1 Å². The van der Waals surface area contributed by atoms with Gasteiger partial charge in [-0.25, -0.2) is 0 Å². The Balaban J connectivity index is 1.46. The Labute approximate surface area is 178 Å². The summed E-state index contributed by atoms with van der Waals surface area (Å²) in [6, 6.07) is 24.4. The summed E-state index contributed by atoms with van der Waals surface area (Å²) in [7, 11) is 0. The first-order valence-corrected chi connectivity index (χ1v) is 10.1. The van der Waals surface area contributed by atoms with Gasteiger partial charge in [0.25, 0.3) is 0 Å². The first-order chi connectivity index (χ1) is 15.2. The lowest BCUT2D eigenvalue weighted by atomic mass is 10.1. The van der Waals surface area contributed by atoms with Crippen LogP contribution in [0.1, 0.15) is 5.56 Å². The van der Waals surface area contributed by atoms with Crippen LogP contribution in [-0.4, -0.2) is 20.3 Å². The average Bonchev–Trinajstić information content (AvgIpc) is 3.30. The Morgan fingerprint density at radius 2 is 1.58 bits per heavy atom. The highest BCUT2D eigenvalue weighted by atomic mass is 16.2. The topological polar surface area (TPSA) is 68.9 Å². The molecule has 0 saturated carbocycles. The van der Waals surface area contributed by atoms with Gasteiger partial charge in [0.05, 0.1) is 17.6 Å². The van der Waals surface area contributed by atoms with Crippen LogP contribution in [0, 0.1) is 0 Å². The monoisotopic (exact) mass is 408 g/mol. The molecule has 0 aliphatic heterocycles. The zero-order chi connectivity index (χ0) is 21.2. The molecule has 2 heterocycles. The van der Waals surface area contributed by atoms with E-state index < -0.39 is 0 Å². The van der Waals surface area contributed by atoms with E-state index >= 15 is 0 Å². The molecule has 3 aromatic carbocycles. The van der Waals surface area contributed by atoms with Gasteiger partial charge in [0.2, 0.25) is 5.91 Å². The van der Waals surface area contributed by atoms with Crippen molar-refractivity contribution in [2.75, 3.05) is 5.32 Å². The van der Waals surface area contributed by atoms with E-state index in [0.29, 0.717) is 17.3 Å². The smallest absolute Gasteiger partial charge is 0.244 e. The van der Waals surface area contributed by atoms with Gasteiger partial charge in [-0.15, -0.1) is 0 Å². The minimum atomic E-state index is -0.157. The molecule has 31 heavy (non-hydrogen) atoms. The van der Waals surface area contributed by atoms with Crippen molar-refractivity contribution in [1.29, 1.82) is 0 Å². The molecular weight excluding hydrogens is 388 g/mol. The van der Waals surface area contributed by atoms with Gasteiger partial charge >= 0.3 is 0 Å². The van der Waals surface area contributed by atoms with Crippen molar-refractivity contribution < 1.29 is 4.79 Å². The molecule has 0 spiro atoms. The van der Waals surface area contributed by atoms with Crippen molar-refractivity contribution in [2.45, 2.75) is 13.1 Å². The largest absolute Gasteiger partial charge is 0.331 e. The number of fused-ring (bicyclic) bond motifs is 2. The molecule has 0 atom stereocenters. The zero-order valence-electron chi connectivity index (χ0n) is 16.7. The fraction of sp³-hybridized carbons (Fsp3) is 0.0800. The second-order valence-corrected chi connectivity index (χ2v) is 7.40. The van der Waals surface area contributed by atoms with E-state index in [4.69, 9.17) is 0 Å². The van der Waals surface area contributed by atoms with E-state index in [1.807, 2.05) is 82.2 Å². The summed E-state index contributed by atoms with van der Waals surface area (Å²) in [5.74, 6) is -0.157. The average molecular weight is 408 g/mol. The number of rotatable bonds is 5. The van der Waals surface area contributed by atoms with Crippen molar-refractivity contribution in [3.8, 4) is 0 Å². The van der Waals surface area contributed by atoms with Crippen LogP contribution in [0.3, 0.4) is 0 Å². The minimum Gasteiger partial charge on any atom is -0.331 e. The molecule has 5 aromatic rings. The maximum Gasteiger partial charge on any atom is 0.244 e. The van der Waals surface area contributed by atoms with Crippen molar-refractivity contribution in [3.05, 3.63) is 107 Å². The Morgan fingerprint density at radius 3 is 2.26 bits per heavy atom. The minimum absolute atomic E-state index is 0.0193. The molecule has 6 nitrogen and oxygen atoms in total. The number of amides is 1. The first-order valence-electron chi connectivity index (χ1n) is 10.1. The lowest BCUT2D eigenvalue weighted by molar-refractivity contribution is -0.116. The summed E-state index contributed by atoms with van der Waals surface area (Å²) in [4.78, 5) is 25.8. The quantitative estimate of drug-likeness (QED) is 0.446. The van der Waals surface area contributed by atoms with Gasteiger partial charge in [-0.2, -0.15) is 5.10 Å². The summed E-state index contributed by atoms with van der Waals surface area (Å²) in [6.45, 7) is 0.733. The molecule has 1 amide bonds. The van der Waals surface area contributed by atoms with Crippen molar-refractivity contribution in [2.24, 2.45) is 0 Å². The van der Waals surface area contributed by atoms with Crippen LogP contribution in [0.4, 0.5) is 5.69 Å².